The third-order valence-electron chi connectivity index (χ3n) is 3.03. The van der Waals surface area contributed by atoms with Gasteiger partial charge in [-0.1, -0.05) is 0 Å². The van der Waals surface area contributed by atoms with Crippen LogP contribution < -0.4 is 9.00 Å². The molecule has 19 heavy (non-hydrogen) atoms. The fourth-order valence-electron chi connectivity index (χ4n) is 1.94. The van der Waals surface area contributed by atoms with Gasteiger partial charge in [-0.3, -0.25) is 0 Å². The zero-order valence-corrected chi connectivity index (χ0v) is 15.7. The van der Waals surface area contributed by atoms with E-state index in [1.807, 2.05) is 26.2 Å². The Hall–Kier alpha value is -0.0262. The van der Waals surface area contributed by atoms with Crippen molar-refractivity contribution in [2.75, 3.05) is 0 Å². The molecule has 0 aliphatic rings. The molecule has 0 aromatic carbocycles. The van der Waals surface area contributed by atoms with Gasteiger partial charge in [-0.05, 0) is 38.3 Å². The lowest BCUT2D eigenvalue weighted by molar-refractivity contribution is 0.568. The maximum absolute atomic E-state index is 10.2. The van der Waals surface area contributed by atoms with Gasteiger partial charge in [-0.15, -0.1) is 34.0 Å². The van der Waals surface area contributed by atoms with Crippen LogP contribution in [0.25, 0.3) is 18.8 Å². The van der Waals surface area contributed by atoms with Gasteiger partial charge in [0.05, 0.1) is 9.40 Å². The quantitative estimate of drug-likeness (QED) is 0.702. The Kier molecular flexibility index (Phi) is 3.10. The number of rotatable bonds is 2. The van der Waals surface area contributed by atoms with Gasteiger partial charge in [-0.2, -0.15) is 0 Å². The summed E-state index contributed by atoms with van der Waals surface area (Å²) in [4.78, 5) is 20.5. The molecule has 3 rings (SSSR count). The largest absolute Gasteiger partial charge is 0.427 e. The van der Waals surface area contributed by atoms with Crippen LogP contribution in [0.2, 0.25) is 26.2 Å². The van der Waals surface area contributed by atoms with Gasteiger partial charge < -0.3 is 9.59 Å². The highest BCUT2D eigenvalue weighted by Gasteiger charge is 2.27. The molecule has 0 fully saturated rings. The average Bonchev–Trinajstić information content (AvgIpc) is 2.81. The van der Waals surface area contributed by atoms with Crippen molar-refractivity contribution < 1.29 is 9.59 Å². The molecule has 0 unspecified atom stereocenters. The monoisotopic (exact) mass is 344 g/mol. The summed E-state index contributed by atoms with van der Waals surface area (Å²) in [7, 11) is -4.42. The van der Waals surface area contributed by atoms with Crippen LogP contribution in [0.4, 0.5) is 0 Å². The molecule has 7 heteroatoms. The smallest absolute Gasteiger partial charge is 0.224 e. The minimum Gasteiger partial charge on any atom is -0.427 e. The molecular weight excluding hydrogens is 329 g/mol. The van der Waals surface area contributed by atoms with Crippen molar-refractivity contribution in [2.24, 2.45) is 0 Å². The van der Waals surface area contributed by atoms with Crippen LogP contribution >= 0.6 is 34.0 Å². The van der Waals surface area contributed by atoms with Crippen LogP contribution in [0.3, 0.4) is 0 Å². The van der Waals surface area contributed by atoms with Crippen molar-refractivity contribution >= 4 is 78.4 Å². The van der Waals surface area contributed by atoms with E-state index in [2.05, 4.69) is 12.1 Å². The van der Waals surface area contributed by atoms with E-state index in [0.29, 0.717) is 0 Å². The maximum Gasteiger partial charge on any atom is 0.224 e. The molecule has 0 bridgehead atoms. The van der Waals surface area contributed by atoms with E-state index in [1.165, 1.54) is 18.8 Å². The standard InChI is InChI=1S/C12H16O2S3Si2/c1-18(2,13)9-5-7-11(16-9)12-8(15-7)6-10(17-12)19(3,4)14/h5-6,13-14H,1-4H3. The summed E-state index contributed by atoms with van der Waals surface area (Å²) < 4.78 is 7.43. The lowest BCUT2D eigenvalue weighted by Gasteiger charge is -2.10. The molecule has 0 aliphatic heterocycles. The van der Waals surface area contributed by atoms with Gasteiger partial charge in [0.1, 0.15) is 0 Å². The Balaban J connectivity index is 2.22. The Morgan fingerprint density at radius 1 is 0.737 bits per heavy atom. The molecule has 0 amide bonds. The third-order valence-corrected chi connectivity index (χ3v) is 12.7. The fraction of sp³-hybridized carbons (Fsp3) is 0.333. The van der Waals surface area contributed by atoms with Crippen LogP contribution in [0, 0.1) is 0 Å². The van der Waals surface area contributed by atoms with Gasteiger partial charge in [0.25, 0.3) is 0 Å². The molecule has 102 valence electrons. The van der Waals surface area contributed by atoms with Gasteiger partial charge in [0.2, 0.25) is 16.6 Å². The normalized spacial score (nSPS) is 13.8. The van der Waals surface area contributed by atoms with E-state index in [0.717, 1.165) is 9.00 Å². The van der Waals surface area contributed by atoms with Crippen molar-refractivity contribution in [3.05, 3.63) is 12.1 Å². The highest BCUT2D eigenvalue weighted by atomic mass is 32.1. The molecule has 3 heterocycles. The third kappa shape index (κ3) is 2.37. The number of hydrogen-bond acceptors (Lipinski definition) is 5. The molecule has 2 N–H and O–H groups in total. The zero-order valence-electron chi connectivity index (χ0n) is 11.3. The van der Waals surface area contributed by atoms with Crippen molar-refractivity contribution in [1.29, 1.82) is 0 Å². The van der Waals surface area contributed by atoms with Gasteiger partial charge in [0, 0.05) is 18.4 Å². The van der Waals surface area contributed by atoms with Crippen LogP contribution in [0.5, 0.6) is 0 Å². The summed E-state index contributed by atoms with van der Waals surface area (Å²) in [5, 5.41) is 0. The lowest BCUT2D eigenvalue weighted by atomic mass is 10.5. The van der Waals surface area contributed by atoms with Gasteiger partial charge in [0.15, 0.2) is 0 Å². The molecule has 0 saturated heterocycles. The summed E-state index contributed by atoms with van der Waals surface area (Å²) in [6.45, 7) is 7.85. The molecule has 0 spiro atoms. The first-order chi connectivity index (χ1) is 8.66. The van der Waals surface area contributed by atoms with E-state index in [1.54, 1.807) is 34.0 Å². The fourth-order valence-corrected chi connectivity index (χ4v) is 9.28. The molecule has 0 atom stereocenters. The lowest BCUT2D eigenvalue weighted by Crippen LogP contribution is -2.38. The predicted molar refractivity (Wildman–Crippen MR) is 93.8 cm³/mol. The Morgan fingerprint density at radius 2 is 1.11 bits per heavy atom. The first kappa shape index (κ1) is 13.9. The van der Waals surface area contributed by atoms with Crippen molar-refractivity contribution in [1.82, 2.24) is 0 Å². The SMILES string of the molecule is C[Si](C)(O)c1cc2sc3cc([Si](C)(C)O)sc3c2s1. The predicted octanol–water partition coefficient (Wildman–Crippen LogP) is 2.99. The average molecular weight is 345 g/mol. The molecule has 0 aliphatic carbocycles. The highest BCUT2D eigenvalue weighted by molar-refractivity contribution is 7.44. The van der Waals surface area contributed by atoms with Crippen LogP contribution in [0.1, 0.15) is 0 Å². The van der Waals surface area contributed by atoms with E-state index >= 15 is 0 Å². The van der Waals surface area contributed by atoms with Gasteiger partial charge in [-0.25, -0.2) is 0 Å². The van der Waals surface area contributed by atoms with Crippen LogP contribution in [0.15, 0.2) is 12.1 Å². The highest BCUT2D eigenvalue weighted by Crippen LogP contribution is 2.40. The maximum atomic E-state index is 10.2. The van der Waals surface area contributed by atoms with Crippen molar-refractivity contribution in [3.8, 4) is 0 Å². The molecule has 0 saturated carbocycles. The molecule has 2 nitrogen and oxygen atoms in total. The Morgan fingerprint density at radius 3 is 1.42 bits per heavy atom. The summed E-state index contributed by atoms with van der Waals surface area (Å²) >= 11 is 5.24. The topological polar surface area (TPSA) is 40.5 Å². The Labute approximate surface area is 126 Å². The van der Waals surface area contributed by atoms with Gasteiger partial charge >= 0.3 is 0 Å². The van der Waals surface area contributed by atoms with Crippen LogP contribution in [-0.4, -0.2) is 26.2 Å². The second-order valence-electron chi connectivity index (χ2n) is 5.83. The first-order valence-electron chi connectivity index (χ1n) is 6.08. The zero-order chi connectivity index (χ0) is 14.0. The summed E-state index contributed by atoms with van der Waals surface area (Å²) in [5.74, 6) is 0. The molecule has 3 aromatic rings. The second-order valence-corrected chi connectivity index (χ2v) is 17.1. The first-order valence-corrected chi connectivity index (χ1v) is 14.4. The number of fused-ring (bicyclic) bond motifs is 3. The van der Waals surface area contributed by atoms with Crippen LogP contribution in [-0.2, 0) is 0 Å². The van der Waals surface area contributed by atoms with Crippen molar-refractivity contribution in [2.45, 2.75) is 26.2 Å². The van der Waals surface area contributed by atoms with E-state index in [9.17, 15) is 9.59 Å². The van der Waals surface area contributed by atoms with Crippen molar-refractivity contribution in [3.63, 3.8) is 0 Å². The summed E-state index contributed by atoms with van der Waals surface area (Å²) in [6, 6.07) is 4.32. The van der Waals surface area contributed by atoms with E-state index in [4.69, 9.17) is 0 Å². The molecule has 0 radical (unpaired) electrons. The Bertz CT molecular complexity index is 693. The minimum absolute atomic E-state index is 1.14. The summed E-state index contributed by atoms with van der Waals surface area (Å²) in [5.41, 5.74) is 0. The number of hydrogen-bond donors (Lipinski definition) is 2. The van der Waals surface area contributed by atoms with E-state index in [-0.39, 0.29) is 0 Å². The molecular formula is C12H16O2S3Si2. The minimum atomic E-state index is -2.21. The van der Waals surface area contributed by atoms with E-state index < -0.39 is 16.6 Å². The second kappa shape index (κ2) is 4.23. The molecule has 3 aromatic heterocycles. The number of thiophene rings is 3. The summed E-state index contributed by atoms with van der Waals surface area (Å²) in [6.07, 6.45) is 0.